The van der Waals surface area contributed by atoms with Gasteiger partial charge in [-0.1, -0.05) is 6.07 Å². The molecule has 0 spiro atoms. The number of carbonyl (C=O) groups excluding carboxylic acids is 2. The highest BCUT2D eigenvalue weighted by atomic mass is 19.1. The van der Waals surface area contributed by atoms with Gasteiger partial charge in [-0.25, -0.2) is 4.39 Å². The topological polar surface area (TPSA) is 74.6 Å². The van der Waals surface area contributed by atoms with Crippen molar-refractivity contribution in [2.75, 3.05) is 18.4 Å². The smallest absolute Gasteiger partial charge is 0.257 e. The third-order valence-electron chi connectivity index (χ3n) is 5.23. The fourth-order valence-electron chi connectivity index (χ4n) is 3.46. The molecule has 2 heterocycles. The van der Waals surface area contributed by atoms with Crippen molar-refractivity contribution in [2.45, 2.75) is 37.3 Å². The number of amides is 2. The lowest BCUT2D eigenvalue weighted by molar-refractivity contribution is -0.127. The summed E-state index contributed by atoms with van der Waals surface area (Å²) in [6, 6.07) is 7.98. The quantitative estimate of drug-likeness (QED) is 0.848. The number of benzene rings is 1. The second kappa shape index (κ2) is 7.06. The normalized spacial score (nSPS) is 18.8. The molecule has 2 aliphatic rings. The second-order valence-electron chi connectivity index (χ2n) is 7.27. The van der Waals surface area contributed by atoms with Gasteiger partial charge in [0.05, 0.1) is 11.8 Å². The van der Waals surface area contributed by atoms with Gasteiger partial charge in [0.2, 0.25) is 5.91 Å². The number of hydrogen-bond acceptors (Lipinski definition) is 4. The molecule has 7 heteroatoms. The molecule has 2 amide bonds. The van der Waals surface area contributed by atoms with Gasteiger partial charge in [0.25, 0.3) is 5.91 Å². The highest BCUT2D eigenvalue weighted by Gasteiger charge is 2.44. The van der Waals surface area contributed by atoms with Crippen molar-refractivity contribution in [3.05, 3.63) is 54.2 Å². The van der Waals surface area contributed by atoms with Crippen LogP contribution in [0.15, 0.2) is 47.3 Å². The highest BCUT2D eigenvalue weighted by Crippen LogP contribution is 2.30. The second-order valence-corrected chi connectivity index (χ2v) is 7.27. The van der Waals surface area contributed by atoms with E-state index in [2.05, 4.69) is 10.6 Å². The Morgan fingerprint density at radius 1 is 1.19 bits per heavy atom. The van der Waals surface area contributed by atoms with Crippen molar-refractivity contribution in [3.63, 3.8) is 0 Å². The maximum absolute atomic E-state index is 13.6. The van der Waals surface area contributed by atoms with E-state index in [0.717, 1.165) is 12.8 Å². The predicted octanol–water partition coefficient (Wildman–Crippen LogP) is 2.78. The number of nitrogens with one attached hydrogen (secondary N) is 2. The van der Waals surface area contributed by atoms with Crippen LogP contribution < -0.4 is 10.6 Å². The summed E-state index contributed by atoms with van der Waals surface area (Å²) in [5.74, 6) is -0.541. The van der Waals surface area contributed by atoms with E-state index in [-0.39, 0.29) is 23.7 Å². The van der Waals surface area contributed by atoms with Crippen LogP contribution in [-0.4, -0.2) is 41.4 Å². The zero-order chi connectivity index (χ0) is 18.9. The van der Waals surface area contributed by atoms with Gasteiger partial charge in [0.15, 0.2) is 0 Å². The molecule has 0 atom stereocenters. The van der Waals surface area contributed by atoms with Crippen LogP contribution in [0.3, 0.4) is 0 Å². The van der Waals surface area contributed by atoms with Gasteiger partial charge in [-0.3, -0.25) is 9.59 Å². The Labute approximate surface area is 156 Å². The van der Waals surface area contributed by atoms with Crippen molar-refractivity contribution < 1.29 is 18.4 Å². The van der Waals surface area contributed by atoms with Gasteiger partial charge in [0.1, 0.15) is 17.6 Å². The van der Waals surface area contributed by atoms with Crippen molar-refractivity contribution >= 4 is 17.5 Å². The number of piperidine rings is 1. The number of nitrogens with zero attached hydrogens (tertiary/aromatic N) is 1. The minimum absolute atomic E-state index is 0.0790. The van der Waals surface area contributed by atoms with Crippen molar-refractivity contribution in [1.82, 2.24) is 10.2 Å². The Bertz CT molecular complexity index is 825. The molecule has 142 valence electrons. The van der Waals surface area contributed by atoms with Gasteiger partial charge in [-0.2, -0.15) is 0 Å². The van der Waals surface area contributed by atoms with Crippen LogP contribution >= 0.6 is 0 Å². The van der Waals surface area contributed by atoms with Crippen LogP contribution in [0.25, 0.3) is 0 Å². The first-order valence-electron chi connectivity index (χ1n) is 9.22. The summed E-state index contributed by atoms with van der Waals surface area (Å²) in [6.07, 6.45) is 5.78. The molecule has 0 radical (unpaired) electrons. The van der Waals surface area contributed by atoms with E-state index in [4.69, 9.17) is 4.42 Å². The summed E-state index contributed by atoms with van der Waals surface area (Å²) in [5, 5.41) is 6.31. The fraction of sp³-hybridized carbons (Fsp3) is 0.400. The average Bonchev–Trinajstić information content (AvgIpc) is 3.31. The molecule has 6 nitrogen and oxygen atoms in total. The lowest BCUT2D eigenvalue weighted by Crippen LogP contribution is -2.59. The van der Waals surface area contributed by atoms with E-state index in [1.54, 1.807) is 23.1 Å². The van der Waals surface area contributed by atoms with Crippen LogP contribution in [0.1, 0.15) is 36.0 Å². The molecule has 4 rings (SSSR count). The van der Waals surface area contributed by atoms with E-state index in [9.17, 15) is 14.0 Å². The summed E-state index contributed by atoms with van der Waals surface area (Å²) in [6.45, 7) is 0.870. The summed E-state index contributed by atoms with van der Waals surface area (Å²) >= 11 is 0. The Kier molecular flexibility index (Phi) is 4.59. The monoisotopic (exact) mass is 371 g/mol. The molecule has 1 saturated carbocycles. The molecular weight excluding hydrogens is 349 g/mol. The van der Waals surface area contributed by atoms with Crippen LogP contribution in [0.2, 0.25) is 0 Å². The number of hydrogen-bond donors (Lipinski definition) is 2. The largest absolute Gasteiger partial charge is 0.472 e. The molecule has 1 aliphatic carbocycles. The Balaban J connectivity index is 1.51. The molecule has 27 heavy (non-hydrogen) atoms. The number of furan rings is 1. The first-order valence-corrected chi connectivity index (χ1v) is 9.22. The first-order chi connectivity index (χ1) is 13.1. The summed E-state index contributed by atoms with van der Waals surface area (Å²) in [5.41, 5.74) is 0.211. The van der Waals surface area contributed by atoms with Gasteiger partial charge >= 0.3 is 0 Å². The Morgan fingerprint density at radius 3 is 2.59 bits per heavy atom. The number of rotatable bonds is 5. The maximum atomic E-state index is 13.6. The minimum Gasteiger partial charge on any atom is -0.472 e. The lowest BCUT2D eigenvalue weighted by Gasteiger charge is -2.41. The van der Waals surface area contributed by atoms with Crippen LogP contribution in [0.4, 0.5) is 10.1 Å². The van der Waals surface area contributed by atoms with Crippen molar-refractivity contribution in [3.8, 4) is 0 Å². The maximum Gasteiger partial charge on any atom is 0.257 e. The molecule has 2 fully saturated rings. The Hall–Kier alpha value is -2.83. The predicted molar refractivity (Wildman–Crippen MR) is 97.8 cm³/mol. The van der Waals surface area contributed by atoms with E-state index >= 15 is 0 Å². The molecule has 1 aliphatic heterocycles. The van der Waals surface area contributed by atoms with Gasteiger partial charge in [-0.15, -0.1) is 0 Å². The summed E-state index contributed by atoms with van der Waals surface area (Å²) in [7, 11) is 0. The summed E-state index contributed by atoms with van der Waals surface area (Å²) in [4.78, 5) is 27.2. The zero-order valence-electron chi connectivity index (χ0n) is 14.9. The zero-order valence-corrected chi connectivity index (χ0v) is 14.9. The van der Waals surface area contributed by atoms with E-state index < -0.39 is 5.54 Å². The third kappa shape index (κ3) is 3.82. The van der Waals surface area contributed by atoms with E-state index in [1.165, 1.54) is 24.7 Å². The Morgan fingerprint density at radius 2 is 1.96 bits per heavy atom. The van der Waals surface area contributed by atoms with Crippen LogP contribution in [-0.2, 0) is 4.79 Å². The third-order valence-corrected chi connectivity index (χ3v) is 5.23. The number of likely N-dealkylation sites (tertiary alicyclic amines) is 1. The van der Waals surface area contributed by atoms with Crippen molar-refractivity contribution in [2.24, 2.45) is 0 Å². The average molecular weight is 371 g/mol. The molecule has 2 aromatic rings. The van der Waals surface area contributed by atoms with Gasteiger partial charge in [-0.05, 0) is 49.9 Å². The molecule has 1 aromatic heterocycles. The fourth-order valence-corrected chi connectivity index (χ4v) is 3.46. The SMILES string of the molecule is O=C(c1ccoc1)N1CCC(Nc2cccc(F)c2)(C(=O)NC2CC2)CC1. The number of carbonyl (C=O) groups is 2. The lowest BCUT2D eigenvalue weighted by atomic mass is 9.85. The molecule has 0 unspecified atom stereocenters. The standard InChI is InChI=1S/C20H22FN3O3/c21-15-2-1-3-17(12-15)23-20(19(26)22-16-4-5-16)7-9-24(10-8-20)18(25)14-6-11-27-13-14/h1-3,6,11-13,16,23H,4-5,7-10H2,(H,22,26). The molecule has 1 saturated heterocycles. The minimum atomic E-state index is -0.858. The van der Waals surface area contributed by atoms with Crippen molar-refractivity contribution in [1.29, 1.82) is 0 Å². The summed E-state index contributed by atoms with van der Waals surface area (Å²) < 4.78 is 18.6. The van der Waals surface area contributed by atoms with Gasteiger partial charge < -0.3 is 20.0 Å². The molecule has 0 bridgehead atoms. The molecule has 2 N–H and O–H groups in total. The number of anilines is 1. The van der Waals surface area contributed by atoms with E-state index in [1.807, 2.05) is 0 Å². The van der Waals surface area contributed by atoms with Gasteiger partial charge in [0, 0.05) is 24.8 Å². The van der Waals surface area contributed by atoms with Crippen LogP contribution in [0.5, 0.6) is 0 Å². The number of halogens is 1. The molecule has 1 aromatic carbocycles. The highest BCUT2D eigenvalue weighted by molar-refractivity contribution is 5.95. The van der Waals surface area contributed by atoms with E-state index in [0.29, 0.717) is 37.2 Å². The van der Waals surface area contributed by atoms with Crippen LogP contribution in [0, 0.1) is 5.82 Å². The first kappa shape index (κ1) is 17.6. The molecular formula is C20H22FN3O3.